The second-order valence-electron chi connectivity index (χ2n) is 8.05. The third-order valence-electron chi connectivity index (χ3n) is 6.29. The predicted molar refractivity (Wildman–Crippen MR) is 122 cm³/mol. The van der Waals surface area contributed by atoms with Crippen molar-refractivity contribution in [3.8, 4) is 0 Å². The van der Waals surface area contributed by atoms with E-state index in [1.54, 1.807) is 0 Å². The van der Waals surface area contributed by atoms with Crippen molar-refractivity contribution in [3.05, 3.63) is 70.9 Å². The highest BCUT2D eigenvalue weighted by molar-refractivity contribution is 7.18. The van der Waals surface area contributed by atoms with Crippen molar-refractivity contribution in [2.45, 2.75) is 38.6 Å². The first-order chi connectivity index (χ1) is 14.7. The van der Waals surface area contributed by atoms with Gasteiger partial charge < -0.3 is 0 Å². The van der Waals surface area contributed by atoms with E-state index in [1.807, 2.05) is 29.5 Å². The lowest BCUT2D eigenvalue weighted by molar-refractivity contribution is -0.105. The molecule has 0 spiro atoms. The maximum Gasteiger partial charge on any atom is 0.150 e. The molecule has 0 saturated carbocycles. The summed E-state index contributed by atoms with van der Waals surface area (Å²) in [6.07, 6.45) is 3.15. The fraction of sp³-hybridized carbons (Fsp3) is 0.333. The molecule has 30 heavy (non-hydrogen) atoms. The zero-order chi connectivity index (χ0) is 20.7. The van der Waals surface area contributed by atoms with E-state index >= 15 is 0 Å². The molecule has 0 bridgehead atoms. The average molecular weight is 419 g/mol. The lowest BCUT2D eigenvalue weighted by Crippen LogP contribution is -2.54. The topological polar surface area (TPSA) is 39.7 Å². The molecular formula is C24H26N4OS. The molecule has 0 radical (unpaired) electrons. The standard InChI is InChI=1S/C24H26N4OS/c1-17-21(16-29)18(2)28(27(17)20-8-4-3-5-9-20)26-14-12-19(13-15-26)24-25-22-10-6-7-11-23(22)30-24/h3-11,16-17,19H,12-15H2,1-2H3. The Morgan fingerprint density at radius 1 is 1.03 bits per heavy atom. The maximum atomic E-state index is 11.8. The number of hydrazine groups is 2. The molecule has 2 aromatic carbocycles. The highest BCUT2D eigenvalue weighted by Crippen LogP contribution is 2.38. The minimum Gasteiger partial charge on any atom is -0.298 e. The van der Waals surface area contributed by atoms with Crippen molar-refractivity contribution >= 4 is 33.5 Å². The number of carbonyl (C=O) groups is 1. The summed E-state index contributed by atoms with van der Waals surface area (Å²) in [6.45, 7) is 6.05. The maximum absolute atomic E-state index is 11.8. The third-order valence-corrected chi connectivity index (χ3v) is 7.48. The number of aldehydes is 1. The number of anilines is 1. The van der Waals surface area contributed by atoms with Gasteiger partial charge in [-0.1, -0.05) is 30.3 Å². The van der Waals surface area contributed by atoms with Gasteiger partial charge in [-0.2, -0.15) is 0 Å². The van der Waals surface area contributed by atoms with Crippen LogP contribution in [0.1, 0.15) is 37.6 Å². The second kappa shape index (κ2) is 7.85. The van der Waals surface area contributed by atoms with Crippen LogP contribution in [-0.4, -0.2) is 40.5 Å². The second-order valence-corrected chi connectivity index (χ2v) is 9.11. The van der Waals surface area contributed by atoms with Crippen LogP contribution in [0.15, 0.2) is 65.9 Å². The van der Waals surface area contributed by atoms with Crippen molar-refractivity contribution < 1.29 is 4.79 Å². The molecule has 5 rings (SSSR count). The third kappa shape index (κ3) is 3.20. The molecule has 0 N–H and O–H groups in total. The van der Waals surface area contributed by atoms with Crippen molar-refractivity contribution in [2.24, 2.45) is 0 Å². The molecule has 0 aliphatic carbocycles. The molecule has 0 amide bonds. The van der Waals surface area contributed by atoms with Gasteiger partial charge in [-0.3, -0.25) is 9.80 Å². The zero-order valence-corrected chi connectivity index (χ0v) is 18.2. The van der Waals surface area contributed by atoms with Crippen LogP contribution >= 0.6 is 11.3 Å². The van der Waals surface area contributed by atoms with Crippen molar-refractivity contribution in [1.82, 2.24) is 15.1 Å². The summed E-state index contributed by atoms with van der Waals surface area (Å²) >= 11 is 1.83. The van der Waals surface area contributed by atoms with Gasteiger partial charge in [0.05, 0.1) is 32.7 Å². The molecule has 2 aliphatic heterocycles. The normalized spacial score (nSPS) is 21.1. The van der Waals surface area contributed by atoms with E-state index in [2.05, 4.69) is 65.4 Å². The first-order valence-electron chi connectivity index (χ1n) is 10.6. The largest absolute Gasteiger partial charge is 0.298 e. The number of thiazole rings is 1. The monoisotopic (exact) mass is 418 g/mol. The number of para-hydroxylation sites is 2. The Morgan fingerprint density at radius 2 is 1.73 bits per heavy atom. The van der Waals surface area contributed by atoms with Crippen LogP contribution in [0.25, 0.3) is 10.2 Å². The minimum atomic E-state index is 0.0203. The van der Waals surface area contributed by atoms with Gasteiger partial charge in [0.15, 0.2) is 0 Å². The van der Waals surface area contributed by atoms with Crippen LogP contribution in [0.5, 0.6) is 0 Å². The summed E-state index contributed by atoms with van der Waals surface area (Å²) in [6, 6.07) is 18.8. The number of hydrogen-bond donors (Lipinski definition) is 0. The lowest BCUT2D eigenvalue weighted by Gasteiger charge is -2.45. The molecule has 154 valence electrons. The van der Waals surface area contributed by atoms with E-state index in [4.69, 9.17) is 4.98 Å². The number of rotatable bonds is 4. The molecule has 1 atom stereocenters. The van der Waals surface area contributed by atoms with E-state index in [0.717, 1.165) is 54.7 Å². The summed E-state index contributed by atoms with van der Waals surface area (Å²) in [5.41, 5.74) is 4.10. The number of fused-ring (bicyclic) bond motifs is 1. The molecule has 1 aromatic heterocycles. The summed E-state index contributed by atoms with van der Waals surface area (Å²) in [5.74, 6) is 0.499. The van der Waals surface area contributed by atoms with E-state index in [-0.39, 0.29) is 6.04 Å². The molecule has 5 nitrogen and oxygen atoms in total. The van der Waals surface area contributed by atoms with Gasteiger partial charge in [0.25, 0.3) is 0 Å². The first kappa shape index (κ1) is 19.3. The molecule has 1 fully saturated rings. The molecule has 1 saturated heterocycles. The molecule has 3 heterocycles. The summed E-state index contributed by atoms with van der Waals surface area (Å²) < 4.78 is 1.27. The van der Waals surface area contributed by atoms with Gasteiger partial charge in [-0.15, -0.1) is 11.3 Å². The van der Waals surface area contributed by atoms with Gasteiger partial charge >= 0.3 is 0 Å². The average Bonchev–Trinajstić information content (AvgIpc) is 3.33. The zero-order valence-electron chi connectivity index (χ0n) is 17.4. The number of aromatic nitrogens is 1. The smallest absolute Gasteiger partial charge is 0.150 e. The summed E-state index contributed by atoms with van der Waals surface area (Å²) in [7, 11) is 0. The van der Waals surface area contributed by atoms with Crippen molar-refractivity contribution in [3.63, 3.8) is 0 Å². The highest BCUT2D eigenvalue weighted by atomic mass is 32.1. The Balaban J connectivity index is 1.38. The van der Waals surface area contributed by atoms with Gasteiger partial charge in [-0.05, 0) is 51.0 Å². The van der Waals surface area contributed by atoms with Gasteiger partial charge in [0.2, 0.25) is 0 Å². The van der Waals surface area contributed by atoms with E-state index in [1.165, 1.54) is 9.71 Å². The fourth-order valence-electron chi connectivity index (χ4n) is 4.69. The quantitative estimate of drug-likeness (QED) is 0.558. The molecule has 6 heteroatoms. The van der Waals surface area contributed by atoms with Crippen molar-refractivity contribution in [1.29, 1.82) is 0 Å². The highest BCUT2D eigenvalue weighted by Gasteiger charge is 2.39. The number of allylic oxidation sites excluding steroid dienone is 1. The van der Waals surface area contributed by atoms with Gasteiger partial charge in [0.1, 0.15) is 6.29 Å². The van der Waals surface area contributed by atoms with Crippen LogP contribution in [0.4, 0.5) is 5.69 Å². The Morgan fingerprint density at radius 3 is 2.43 bits per heavy atom. The van der Waals surface area contributed by atoms with Crippen LogP contribution in [0, 0.1) is 0 Å². The van der Waals surface area contributed by atoms with Crippen LogP contribution in [-0.2, 0) is 4.79 Å². The van der Waals surface area contributed by atoms with E-state index in [0.29, 0.717) is 5.92 Å². The minimum absolute atomic E-state index is 0.0203. The number of benzene rings is 2. The van der Waals surface area contributed by atoms with Crippen molar-refractivity contribution in [2.75, 3.05) is 18.1 Å². The number of carbonyl (C=O) groups excluding carboxylic acids is 1. The number of hydrogen-bond acceptors (Lipinski definition) is 6. The van der Waals surface area contributed by atoms with Crippen LogP contribution < -0.4 is 5.01 Å². The molecule has 3 aromatic rings. The lowest BCUT2D eigenvalue weighted by atomic mass is 9.98. The Bertz CT molecular complexity index is 1050. The Hall–Kier alpha value is -2.70. The van der Waals surface area contributed by atoms with Gasteiger partial charge in [0, 0.05) is 24.6 Å². The summed E-state index contributed by atoms with van der Waals surface area (Å²) in [4.78, 5) is 16.7. The fourth-order valence-corrected chi connectivity index (χ4v) is 5.82. The number of piperidine rings is 1. The van der Waals surface area contributed by atoms with E-state index < -0.39 is 0 Å². The predicted octanol–water partition coefficient (Wildman–Crippen LogP) is 4.99. The molecular weight excluding hydrogens is 392 g/mol. The Labute approximate surface area is 181 Å². The summed E-state index contributed by atoms with van der Waals surface area (Å²) in [5, 5.41) is 8.13. The molecule has 2 aliphatic rings. The SMILES string of the molecule is CC1=C(C=O)C(C)N(c2ccccc2)N1N1CCC(c2nc3ccccc3s2)CC1. The first-order valence-corrected chi connectivity index (χ1v) is 11.4. The van der Waals surface area contributed by atoms with Crippen LogP contribution in [0.3, 0.4) is 0 Å². The van der Waals surface area contributed by atoms with Crippen LogP contribution in [0.2, 0.25) is 0 Å². The number of nitrogens with zero attached hydrogens (tertiary/aromatic N) is 4. The van der Waals surface area contributed by atoms with E-state index in [9.17, 15) is 4.79 Å². The molecule has 1 unspecified atom stereocenters. The Kier molecular flexibility index (Phi) is 5.05. The van der Waals surface area contributed by atoms with Gasteiger partial charge in [-0.25, -0.2) is 15.1 Å².